The molecule has 0 bridgehead atoms. The molecule has 6 nitrogen and oxygen atoms in total. The number of aliphatic carboxylic acids is 1. The Hall–Kier alpha value is -2.93. The Bertz CT molecular complexity index is 969. The van der Waals surface area contributed by atoms with E-state index in [4.69, 9.17) is 5.11 Å². The first-order valence-electron chi connectivity index (χ1n) is 9.71. The lowest BCUT2D eigenvalue weighted by Crippen LogP contribution is -2.30. The Kier molecular flexibility index (Phi) is 7.05. The van der Waals surface area contributed by atoms with E-state index in [0.29, 0.717) is 31.4 Å². The van der Waals surface area contributed by atoms with Gasteiger partial charge in [0, 0.05) is 23.0 Å². The van der Waals surface area contributed by atoms with E-state index in [9.17, 15) is 19.5 Å². The lowest BCUT2D eigenvalue weighted by Gasteiger charge is -2.25. The first-order valence-corrected chi connectivity index (χ1v) is 10.5. The minimum Gasteiger partial charge on any atom is -0.507 e. The first kappa shape index (κ1) is 21.8. The summed E-state index contributed by atoms with van der Waals surface area (Å²) in [7, 11) is 0. The second-order valence-electron chi connectivity index (χ2n) is 7.11. The fraction of sp³-hybridized carbons (Fsp3) is 0.261. The Morgan fingerprint density at radius 2 is 1.60 bits per heavy atom. The third-order valence-corrected chi connectivity index (χ3v) is 5.59. The van der Waals surface area contributed by atoms with Crippen LogP contribution in [-0.2, 0) is 14.4 Å². The third-order valence-electron chi connectivity index (χ3n) is 5.06. The second-order valence-corrected chi connectivity index (χ2v) is 8.03. The molecule has 0 aliphatic carbocycles. The van der Waals surface area contributed by atoms with Gasteiger partial charge in [0.15, 0.2) is 0 Å². The van der Waals surface area contributed by atoms with Crippen LogP contribution >= 0.6 is 15.9 Å². The summed E-state index contributed by atoms with van der Waals surface area (Å²) in [6.07, 6.45) is 1.78. The number of benzene rings is 2. The highest BCUT2D eigenvalue weighted by Gasteiger charge is 2.45. The highest BCUT2D eigenvalue weighted by molar-refractivity contribution is 9.10. The smallest absolute Gasteiger partial charge is 0.303 e. The van der Waals surface area contributed by atoms with Crippen LogP contribution in [0.2, 0.25) is 0 Å². The molecular formula is C23H22BrNO5. The number of unbranched alkanes of at least 4 members (excludes halogenated alkanes) is 2. The van der Waals surface area contributed by atoms with Crippen molar-refractivity contribution in [1.29, 1.82) is 0 Å². The fourth-order valence-corrected chi connectivity index (χ4v) is 3.86. The van der Waals surface area contributed by atoms with Crippen molar-refractivity contribution in [3.8, 4) is 0 Å². The molecule has 7 heteroatoms. The summed E-state index contributed by atoms with van der Waals surface area (Å²) in [4.78, 5) is 37.8. The maximum Gasteiger partial charge on any atom is 0.303 e. The van der Waals surface area contributed by atoms with E-state index in [2.05, 4.69) is 15.9 Å². The lowest BCUT2D eigenvalue weighted by molar-refractivity contribution is -0.140. The minimum absolute atomic E-state index is 0.0686. The van der Waals surface area contributed by atoms with E-state index in [0.717, 1.165) is 10.0 Å². The summed E-state index contributed by atoms with van der Waals surface area (Å²) < 4.78 is 0.834. The molecule has 2 aromatic carbocycles. The molecule has 30 heavy (non-hydrogen) atoms. The zero-order valence-electron chi connectivity index (χ0n) is 16.3. The number of halogens is 1. The number of aliphatic hydroxyl groups is 1. The third kappa shape index (κ3) is 4.79. The van der Waals surface area contributed by atoms with Crippen molar-refractivity contribution in [2.75, 3.05) is 6.54 Å². The summed E-state index contributed by atoms with van der Waals surface area (Å²) in [6, 6.07) is 15.3. The standard InChI is InChI=1S/C23H22BrNO5/c24-17-12-10-16(11-13-17)21(28)19-20(15-7-3-1-4-8-15)25(23(30)22(19)29)14-6-2-5-9-18(26)27/h1,3-4,7-8,10-13,20,28H,2,5-6,9,14H2,(H,26,27)/b21-19+/t20-/m0/s1. The first-order chi connectivity index (χ1) is 14.4. The average molecular weight is 472 g/mol. The number of carbonyl (C=O) groups excluding carboxylic acids is 2. The summed E-state index contributed by atoms with van der Waals surface area (Å²) in [5.41, 5.74) is 1.26. The molecule has 1 atom stereocenters. The molecule has 1 amide bonds. The van der Waals surface area contributed by atoms with Crippen molar-refractivity contribution in [1.82, 2.24) is 4.90 Å². The number of carboxylic acids is 1. The van der Waals surface area contributed by atoms with Crippen molar-refractivity contribution in [2.45, 2.75) is 31.7 Å². The Morgan fingerprint density at radius 1 is 0.933 bits per heavy atom. The number of aliphatic hydroxyl groups excluding tert-OH is 1. The van der Waals surface area contributed by atoms with Gasteiger partial charge < -0.3 is 15.1 Å². The monoisotopic (exact) mass is 471 g/mol. The number of nitrogens with zero attached hydrogens (tertiary/aromatic N) is 1. The summed E-state index contributed by atoms with van der Waals surface area (Å²) >= 11 is 3.34. The van der Waals surface area contributed by atoms with Gasteiger partial charge in [-0.2, -0.15) is 0 Å². The average Bonchev–Trinajstić information content (AvgIpc) is 2.99. The van der Waals surface area contributed by atoms with Crippen molar-refractivity contribution < 1.29 is 24.6 Å². The molecule has 156 valence electrons. The molecule has 1 fully saturated rings. The maximum absolute atomic E-state index is 12.9. The zero-order valence-corrected chi connectivity index (χ0v) is 17.8. The van der Waals surface area contributed by atoms with Crippen LogP contribution in [-0.4, -0.2) is 39.3 Å². The van der Waals surface area contributed by atoms with Gasteiger partial charge in [0.05, 0.1) is 11.6 Å². The van der Waals surface area contributed by atoms with Crippen molar-refractivity contribution in [3.05, 3.63) is 75.8 Å². The van der Waals surface area contributed by atoms with Gasteiger partial charge in [0.1, 0.15) is 5.76 Å². The van der Waals surface area contributed by atoms with Crippen LogP contribution in [0.4, 0.5) is 0 Å². The number of hydrogen-bond donors (Lipinski definition) is 2. The topological polar surface area (TPSA) is 94.9 Å². The van der Waals surface area contributed by atoms with E-state index >= 15 is 0 Å². The molecule has 0 radical (unpaired) electrons. The normalized spacial score (nSPS) is 18.0. The van der Waals surface area contributed by atoms with Crippen LogP contribution < -0.4 is 0 Å². The van der Waals surface area contributed by atoms with E-state index in [-0.39, 0.29) is 17.8 Å². The molecule has 2 aromatic rings. The van der Waals surface area contributed by atoms with Crippen LogP contribution in [0.1, 0.15) is 42.9 Å². The fourth-order valence-electron chi connectivity index (χ4n) is 3.59. The van der Waals surface area contributed by atoms with Crippen LogP contribution in [0.15, 0.2) is 64.6 Å². The van der Waals surface area contributed by atoms with E-state index in [1.165, 1.54) is 4.90 Å². The SMILES string of the molecule is O=C(O)CCCCCN1C(=O)C(=O)/C(=C(/O)c2ccc(Br)cc2)[C@@H]1c1ccccc1. The quantitative estimate of drug-likeness (QED) is 0.255. The van der Waals surface area contributed by atoms with Crippen LogP contribution in [0, 0.1) is 0 Å². The minimum atomic E-state index is -0.853. The number of rotatable bonds is 8. The molecule has 3 rings (SSSR count). The maximum atomic E-state index is 12.9. The largest absolute Gasteiger partial charge is 0.507 e. The van der Waals surface area contributed by atoms with E-state index < -0.39 is 23.7 Å². The molecule has 0 aromatic heterocycles. The number of hydrogen-bond acceptors (Lipinski definition) is 4. The van der Waals surface area contributed by atoms with E-state index in [1.54, 1.807) is 24.3 Å². The van der Waals surface area contributed by atoms with Crippen LogP contribution in [0.3, 0.4) is 0 Å². The van der Waals surface area contributed by atoms with Crippen molar-refractivity contribution in [2.24, 2.45) is 0 Å². The number of carboxylic acid groups (broad SMARTS) is 1. The number of likely N-dealkylation sites (tertiary alicyclic amines) is 1. The second kappa shape index (κ2) is 9.71. The molecule has 0 spiro atoms. The molecule has 2 N–H and O–H groups in total. The van der Waals surface area contributed by atoms with Gasteiger partial charge in [-0.15, -0.1) is 0 Å². The van der Waals surface area contributed by atoms with Gasteiger partial charge in [-0.05, 0) is 30.5 Å². The lowest BCUT2D eigenvalue weighted by atomic mass is 9.95. The molecule has 1 heterocycles. The van der Waals surface area contributed by atoms with Gasteiger partial charge in [-0.1, -0.05) is 64.8 Å². The molecular weight excluding hydrogens is 450 g/mol. The van der Waals surface area contributed by atoms with Crippen LogP contribution in [0.25, 0.3) is 5.76 Å². The highest BCUT2D eigenvalue weighted by Crippen LogP contribution is 2.39. The van der Waals surface area contributed by atoms with Gasteiger partial charge in [0.2, 0.25) is 0 Å². The van der Waals surface area contributed by atoms with Crippen LogP contribution in [0.5, 0.6) is 0 Å². The van der Waals surface area contributed by atoms with Crippen molar-refractivity contribution in [3.63, 3.8) is 0 Å². The van der Waals surface area contributed by atoms with E-state index in [1.807, 2.05) is 30.3 Å². The highest BCUT2D eigenvalue weighted by atomic mass is 79.9. The molecule has 1 saturated heterocycles. The molecule has 0 unspecified atom stereocenters. The number of Topliss-reactive ketones (excluding diaryl/α,β-unsaturated/α-hetero) is 1. The Labute approximate surface area is 183 Å². The summed E-state index contributed by atoms with van der Waals surface area (Å²) in [5, 5.41) is 19.7. The number of ketones is 1. The molecule has 0 saturated carbocycles. The van der Waals surface area contributed by atoms with Gasteiger partial charge in [-0.3, -0.25) is 14.4 Å². The van der Waals surface area contributed by atoms with Gasteiger partial charge in [-0.25, -0.2) is 0 Å². The zero-order chi connectivity index (χ0) is 21.7. The summed E-state index contributed by atoms with van der Waals surface area (Å²) in [5.74, 6) is -2.42. The van der Waals surface area contributed by atoms with Gasteiger partial charge in [0.25, 0.3) is 11.7 Å². The predicted molar refractivity (Wildman–Crippen MR) is 116 cm³/mol. The molecule has 1 aliphatic heterocycles. The Morgan fingerprint density at radius 3 is 2.23 bits per heavy atom. The van der Waals surface area contributed by atoms with Crippen molar-refractivity contribution >= 4 is 39.3 Å². The number of carbonyl (C=O) groups is 3. The predicted octanol–water partition coefficient (Wildman–Crippen LogP) is 4.52. The van der Waals surface area contributed by atoms with Gasteiger partial charge >= 0.3 is 5.97 Å². The molecule has 1 aliphatic rings. The summed E-state index contributed by atoms with van der Waals surface area (Å²) in [6.45, 7) is 0.306. The number of amides is 1. The Balaban J connectivity index is 1.94.